The molecule has 0 unspecified atom stereocenters. The molecule has 0 fully saturated rings. The standard InChI is InChI=1S/C29H23F3N4O3/c1-16-11-24-27(29(38)33-14-25(37)34-20-8-7-18-5-3-4-6-19(18)13-20)17(2)35-36(24)26(12-16)39-15-21-22(30)9-10-23(31)28(21)32/h3-13H,14-15H2,1-2H3,(H,33,38)(H,34,37). The molecule has 5 aromatic rings. The van der Waals surface area contributed by atoms with E-state index in [1.165, 1.54) is 4.52 Å². The van der Waals surface area contributed by atoms with Crippen LogP contribution < -0.4 is 15.4 Å². The fourth-order valence-electron chi connectivity index (χ4n) is 4.31. The molecule has 2 amide bonds. The third-order valence-corrected chi connectivity index (χ3v) is 6.19. The van der Waals surface area contributed by atoms with Gasteiger partial charge in [0.25, 0.3) is 5.91 Å². The minimum Gasteiger partial charge on any atom is -0.473 e. The van der Waals surface area contributed by atoms with Crippen molar-refractivity contribution in [2.45, 2.75) is 20.5 Å². The Morgan fingerprint density at radius 2 is 1.67 bits per heavy atom. The topological polar surface area (TPSA) is 84.7 Å². The SMILES string of the molecule is Cc1cc(OCc2c(F)ccc(F)c2F)n2nc(C)c(C(=O)NCC(=O)Nc3ccc4ccccc4c3)c2c1. The molecule has 2 N–H and O–H groups in total. The van der Waals surface area contributed by atoms with Crippen LogP contribution in [-0.4, -0.2) is 28.0 Å². The summed E-state index contributed by atoms with van der Waals surface area (Å²) in [6.45, 7) is 2.48. The zero-order valence-corrected chi connectivity index (χ0v) is 21.0. The second-order valence-corrected chi connectivity index (χ2v) is 9.03. The summed E-state index contributed by atoms with van der Waals surface area (Å²) in [6.07, 6.45) is 0. The molecule has 2 heterocycles. The molecule has 0 spiro atoms. The molecule has 7 nitrogen and oxygen atoms in total. The molecule has 0 atom stereocenters. The smallest absolute Gasteiger partial charge is 0.255 e. The Bertz CT molecular complexity index is 1750. The Hall–Kier alpha value is -4.86. The Morgan fingerprint density at radius 1 is 0.923 bits per heavy atom. The van der Waals surface area contributed by atoms with Crippen molar-refractivity contribution >= 4 is 33.8 Å². The maximum absolute atomic E-state index is 14.1. The lowest BCUT2D eigenvalue weighted by molar-refractivity contribution is -0.115. The molecule has 0 radical (unpaired) electrons. The summed E-state index contributed by atoms with van der Waals surface area (Å²) in [7, 11) is 0. The van der Waals surface area contributed by atoms with E-state index in [2.05, 4.69) is 15.7 Å². The van der Waals surface area contributed by atoms with Crippen LogP contribution in [0.4, 0.5) is 18.9 Å². The van der Waals surface area contributed by atoms with Gasteiger partial charge in [-0.1, -0.05) is 30.3 Å². The first-order valence-electron chi connectivity index (χ1n) is 12.0. The molecule has 39 heavy (non-hydrogen) atoms. The number of hydrogen-bond acceptors (Lipinski definition) is 4. The highest BCUT2D eigenvalue weighted by molar-refractivity contribution is 6.04. The first-order valence-corrected chi connectivity index (χ1v) is 12.0. The van der Waals surface area contributed by atoms with Gasteiger partial charge in [-0.2, -0.15) is 9.61 Å². The van der Waals surface area contributed by atoms with Crippen LogP contribution in [0, 0.1) is 31.3 Å². The van der Waals surface area contributed by atoms with Crippen LogP contribution in [0.15, 0.2) is 66.7 Å². The molecule has 2 aromatic heterocycles. The number of ether oxygens (including phenoxy) is 1. The molecule has 3 aromatic carbocycles. The van der Waals surface area contributed by atoms with Gasteiger partial charge in [0.15, 0.2) is 11.6 Å². The second kappa shape index (κ2) is 10.5. The third-order valence-electron chi connectivity index (χ3n) is 6.19. The van der Waals surface area contributed by atoms with Gasteiger partial charge in [0.1, 0.15) is 12.4 Å². The molecule has 10 heteroatoms. The van der Waals surface area contributed by atoms with Gasteiger partial charge >= 0.3 is 0 Å². The minimum atomic E-state index is -1.34. The summed E-state index contributed by atoms with van der Waals surface area (Å²) >= 11 is 0. The molecule has 0 saturated heterocycles. The maximum atomic E-state index is 14.1. The molecule has 0 bridgehead atoms. The number of halogens is 3. The molecule has 5 rings (SSSR count). The largest absolute Gasteiger partial charge is 0.473 e. The lowest BCUT2D eigenvalue weighted by Crippen LogP contribution is -2.33. The zero-order valence-electron chi connectivity index (χ0n) is 21.0. The van der Waals surface area contributed by atoms with Gasteiger partial charge in [-0.25, -0.2) is 13.2 Å². The number of benzene rings is 3. The van der Waals surface area contributed by atoms with E-state index in [0.29, 0.717) is 28.5 Å². The van der Waals surface area contributed by atoms with Gasteiger partial charge in [-0.05, 0) is 60.5 Å². The molecule has 0 saturated carbocycles. The van der Waals surface area contributed by atoms with Gasteiger partial charge in [0.05, 0.1) is 28.9 Å². The molecule has 0 aliphatic rings. The van der Waals surface area contributed by atoms with Crippen LogP contribution >= 0.6 is 0 Å². The molecule has 0 aliphatic heterocycles. The van der Waals surface area contributed by atoms with Gasteiger partial charge < -0.3 is 15.4 Å². The van der Waals surface area contributed by atoms with Crippen molar-refractivity contribution in [1.29, 1.82) is 0 Å². The highest BCUT2D eigenvalue weighted by atomic mass is 19.2. The Kier molecular flexibility index (Phi) is 6.93. The lowest BCUT2D eigenvalue weighted by Gasteiger charge is -2.11. The van der Waals surface area contributed by atoms with Crippen LogP contribution in [0.25, 0.3) is 16.3 Å². The monoisotopic (exact) mass is 532 g/mol. The number of nitrogens with zero attached hydrogens (tertiary/aromatic N) is 2. The number of rotatable bonds is 7. The summed E-state index contributed by atoms with van der Waals surface area (Å²) < 4.78 is 48.6. The fraction of sp³-hybridized carbons (Fsp3) is 0.138. The van der Waals surface area contributed by atoms with Gasteiger partial charge in [0, 0.05) is 11.8 Å². The average molecular weight is 533 g/mol. The summed E-state index contributed by atoms with van der Waals surface area (Å²) in [5, 5.41) is 11.7. The van der Waals surface area contributed by atoms with Crippen molar-refractivity contribution in [2.75, 3.05) is 11.9 Å². The van der Waals surface area contributed by atoms with Gasteiger partial charge in [0.2, 0.25) is 11.8 Å². The van der Waals surface area contributed by atoms with Crippen LogP contribution in [-0.2, 0) is 11.4 Å². The van der Waals surface area contributed by atoms with Crippen molar-refractivity contribution < 1.29 is 27.5 Å². The van der Waals surface area contributed by atoms with Crippen molar-refractivity contribution in [3.05, 3.63) is 107 Å². The number of nitrogens with one attached hydrogen (secondary N) is 2. The number of aromatic nitrogens is 2. The van der Waals surface area contributed by atoms with Crippen molar-refractivity contribution in [3.8, 4) is 5.88 Å². The average Bonchev–Trinajstić information content (AvgIpc) is 3.25. The number of aryl methyl sites for hydroxylation is 2. The highest BCUT2D eigenvalue weighted by Gasteiger charge is 2.21. The summed E-state index contributed by atoms with van der Waals surface area (Å²) in [4.78, 5) is 25.6. The maximum Gasteiger partial charge on any atom is 0.255 e. The zero-order chi connectivity index (χ0) is 27.7. The third kappa shape index (κ3) is 5.26. The normalized spacial score (nSPS) is 11.1. The Morgan fingerprint density at radius 3 is 2.46 bits per heavy atom. The number of fused-ring (bicyclic) bond motifs is 2. The summed E-state index contributed by atoms with van der Waals surface area (Å²) in [5.74, 6) is -4.32. The fourth-order valence-corrected chi connectivity index (χ4v) is 4.31. The Labute approximate surface area is 221 Å². The summed E-state index contributed by atoms with van der Waals surface area (Å²) in [5.41, 5.74) is 1.65. The number of hydrogen-bond donors (Lipinski definition) is 2. The van der Waals surface area contributed by atoms with E-state index < -0.39 is 41.4 Å². The van der Waals surface area contributed by atoms with Gasteiger partial charge in [-0.15, -0.1) is 0 Å². The number of anilines is 1. The number of carbonyl (C=O) groups excluding carboxylic acids is 2. The van der Waals surface area contributed by atoms with Crippen molar-refractivity contribution in [3.63, 3.8) is 0 Å². The highest BCUT2D eigenvalue weighted by Crippen LogP contribution is 2.25. The van der Waals surface area contributed by atoms with E-state index in [1.807, 2.05) is 36.4 Å². The molecule has 198 valence electrons. The van der Waals surface area contributed by atoms with E-state index in [1.54, 1.807) is 32.0 Å². The van der Waals surface area contributed by atoms with Crippen LogP contribution in [0.2, 0.25) is 0 Å². The minimum absolute atomic E-state index is 0.101. The summed E-state index contributed by atoms with van der Waals surface area (Å²) in [6, 6.07) is 18.0. The van der Waals surface area contributed by atoms with E-state index in [-0.39, 0.29) is 18.0 Å². The second-order valence-electron chi connectivity index (χ2n) is 9.03. The van der Waals surface area contributed by atoms with Crippen LogP contribution in [0.1, 0.15) is 27.2 Å². The first-order chi connectivity index (χ1) is 18.7. The lowest BCUT2D eigenvalue weighted by atomic mass is 10.1. The van der Waals surface area contributed by atoms with E-state index >= 15 is 0 Å². The molecular formula is C29H23F3N4O3. The van der Waals surface area contributed by atoms with E-state index in [0.717, 1.165) is 16.8 Å². The molecule has 0 aliphatic carbocycles. The van der Waals surface area contributed by atoms with E-state index in [4.69, 9.17) is 4.74 Å². The van der Waals surface area contributed by atoms with Crippen LogP contribution in [0.3, 0.4) is 0 Å². The Balaban J connectivity index is 1.32. The first kappa shape index (κ1) is 25.8. The van der Waals surface area contributed by atoms with Crippen LogP contribution in [0.5, 0.6) is 5.88 Å². The predicted octanol–water partition coefficient (Wildman–Crippen LogP) is 5.47. The van der Waals surface area contributed by atoms with E-state index in [9.17, 15) is 22.8 Å². The number of pyridine rings is 1. The predicted molar refractivity (Wildman–Crippen MR) is 140 cm³/mol. The van der Waals surface area contributed by atoms with Crippen molar-refractivity contribution in [1.82, 2.24) is 14.9 Å². The quantitative estimate of drug-likeness (QED) is 0.272. The molecular weight excluding hydrogens is 509 g/mol. The van der Waals surface area contributed by atoms with Gasteiger partial charge in [-0.3, -0.25) is 9.59 Å². The number of carbonyl (C=O) groups is 2. The van der Waals surface area contributed by atoms with Crippen molar-refractivity contribution in [2.24, 2.45) is 0 Å². The number of amides is 2.